The molecule has 2 saturated heterocycles. The van der Waals surface area contributed by atoms with Crippen molar-refractivity contribution in [2.24, 2.45) is 5.92 Å². The molecule has 0 amide bonds. The van der Waals surface area contributed by atoms with Crippen molar-refractivity contribution in [2.45, 2.75) is 38.0 Å². The number of nitrogens with zero attached hydrogens (tertiary/aromatic N) is 4. The van der Waals surface area contributed by atoms with Crippen molar-refractivity contribution in [2.75, 3.05) is 32.8 Å². The highest BCUT2D eigenvalue weighted by atomic mass is 35.5. The molecule has 0 saturated carbocycles. The molecule has 4 heterocycles. The molecule has 0 N–H and O–H groups in total. The summed E-state index contributed by atoms with van der Waals surface area (Å²) < 4.78 is 13.7. The van der Waals surface area contributed by atoms with E-state index in [1.165, 1.54) is 19.3 Å². The second kappa shape index (κ2) is 9.08. The third-order valence-electron chi connectivity index (χ3n) is 6.23. The maximum absolute atomic E-state index is 6.39. The van der Waals surface area contributed by atoms with Gasteiger partial charge in [-0.3, -0.25) is 4.90 Å². The maximum atomic E-state index is 6.39. The van der Waals surface area contributed by atoms with Crippen LogP contribution >= 0.6 is 35.6 Å². The molecule has 1 aromatic heterocycles. The number of aromatic nitrogens is 3. The SMILES string of the molecule is Cl.Clc1ccc(-c2nnn3c2CO[C@@H]2CN(CCC4CCOCC4)C[C@H]23)c(Cl)c1. The highest BCUT2D eigenvalue weighted by Crippen LogP contribution is 2.37. The first-order chi connectivity index (χ1) is 13.7. The summed E-state index contributed by atoms with van der Waals surface area (Å²) >= 11 is 12.4. The van der Waals surface area contributed by atoms with E-state index in [-0.39, 0.29) is 24.6 Å². The molecular weight excluding hydrogens is 435 g/mol. The van der Waals surface area contributed by atoms with Crippen molar-refractivity contribution in [3.63, 3.8) is 0 Å². The first-order valence-electron chi connectivity index (χ1n) is 10.00. The van der Waals surface area contributed by atoms with Gasteiger partial charge in [-0.15, -0.1) is 17.5 Å². The largest absolute Gasteiger partial charge is 0.381 e. The predicted molar refractivity (Wildman–Crippen MR) is 115 cm³/mol. The zero-order valence-corrected chi connectivity index (χ0v) is 18.4. The van der Waals surface area contributed by atoms with Crippen LogP contribution in [0.25, 0.3) is 11.3 Å². The van der Waals surface area contributed by atoms with Crippen LogP contribution in [0.2, 0.25) is 10.0 Å². The van der Waals surface area contributed by atoms with E-state index in [9.17, 15) is 0 Å². The number of likely N-dealkylation sites (tertiary alicyclic amines) is 1. The third-order valence-corrected chi connectivity index (χ3v) is 6.78. The minimum atomic E-state index is 0. The normalized spacial score (nSPS) is 24.8. The molecule has 3 aliphatic heterocycles. The van der Waals surface area contributed by atoms with Crippen LogP contribution in [0, 0.1) is 5.92 Å². The molecule has 2 fully saturated rings. The summed E-state index contributed by atoms with van der Waals surface area (Å²) in [5, 5.41) is 10.1. The van der Waals surface area contributed by atoms with E-state index in [1.807, 2.05) is 12.1 Å². The minimum Gasteiger partial charge on any atom is -0.381 e. The van der Waals surface area contributed by atoms with Gasteiger partial charge in [-0.05, 0) is 49.9 Å². The number of hydrogen-bond donors (Lipinski definition) is 0. The number of halogens is 3. The third kappa shape index (κ3) is 4.29. The van der Waals surface area contributed by atoms with Gasteiger partial charge in [0.1, 0.15) is 5.69 Å². The molecule has 0 bridgehead atoms. The van der Waals surface area contributed by atoms with E-state index in [2.05, 4.69) is 19.9 Å². The van der Waals surface area contributed by atoms with Gasteiger partial charge < -0.3 is 9.47 Å². The lowest BCUT2D eigenvalue weighted by molar-refractivity contribution is -0.00504. The van der Waals surface area contributed by atoms with E-state index in [0.29, 0.717) is 16.7 Å². The molecular formula is C20H25Cl3N4O2. The standard InChI is InChI=1S/C20H24Cl2N4O2.ClH/c21-14-1-2-15(16(22)9-14)20-18-12-28-19-11-25(10-17(19)26(18)24-23-20)6-3-13-4-7-27-8-5-13;/h1-2,9,13,17,19H,3-8,10-12H2;1H/t17-,19-;/m1./s1. The smallest absolute Gasteiger partial charge is 0.120 e. The van der Waals surface area contributed by atoms with Gasteiger partial charge in [0, 0.05) is 36.9 Å². The second-order valence-corrected chi connectivity index (χ2v) is 8.82. The van der Waals surface area contributed by atoms with Crippen LogP contribution in [0.5, 0.6) is 0 Å². The number of ether oxygens (including phenoxy) is 2. The Labute approximate surface area is 186 Å². The Morgan fingerprint density at radius 2 is 1.97 bits per heavy atom. The Bertz CT molecular complexity index is 856. The summed E-state index contributed by atoms with van der Waals surface area (Å²) in [5.74, 6) is 0.790. The van der Waals surface area contributed by atoms with Crippen molar-refractivity contribution in [3.8, 4) is 11.3 Å². The average Bonchev–Trinajstić information content (AvgIpc) is 3.31. The maximum Gasteiger partial charge on any atom is 0.120 e. The van der Waals surface area contributed by atoms with Gasteiger partial charge in [-0.25, -0.2) is 4.68 Å². The second-order valence-electron chi connectivity index (χ2n) is 7.97. The number of hydrogen-bond acceptors (Lipinski definition) is 5. The fraction of sp³-hybridized carbons (Fsp3) is 0.600. The quantitative estimate of drug-likeness (QED) is 0.684. The summed E-state index contributed by atoms with van der Waals surface area (Å²) in [4.78, 5) is 2.51. The van der Waals surface area contributed by atoms with Crippen molar-refractivity contribution >= 4 is 35.6 Å². The van der Waals surface area contributed by atoms with Crippen LogP contribution in [0.4, 0.5) is 0 Å². The fourth-order valence-electron chi connectivity index (χ4n) is 4.61. The van der Waals surface area contributed by atoms with Gasteiger partial charge in [-0.2, -0.15) is 0 Å². The lowest BCUT2D eigenvalue weighted by Crippen LogP contribution is -2.32. The van der Waals surface area contributed by atoms with Crippen molar-refractivity contribution in [1.29, 1.82) is 0 Å². The first kappa shape index (κ1) is 21.3. The van der Waals surface area contributed by atoms with Crippen LogP contribution < -0.4 is 0 Å². The van der Waals surface area contributed by atoms with Gasteiger partial charge >= 0.3 is 0 Å². The van der Waals surface area contributed by atoms with Crippen LogP contribution in [0.15, 0.2) is 18.2 Å². The number of benzene rings is 1. The van der Waals surface area contributed by atoms with Crippen molar-refractivity contribution in [3.05, 3.63) is 33.9 Å². The zero-order valence-electron chi connectivity index (χ0n) is 16.1. The van der Waals surface area contributed by atoms with Gasteiger partial charge in [0.2, 0.25) is 0 Å². The Kier molecular flexibility index (Phi) is 6.69. The van der Waals surface area contributed by atoms with Crippen LogP contribution in [-0.2, 0) is 16.1 Å². The molecule has 0 unspecified atom stereocenters. The lowest BCUT2D eigenvalue weighted by atomic mass is 9.96. The van der Waals surface area contributed by atoms with Gasteiger partial charge in [-0.1, -0.05) is 28.4 Å². The summed E-state index contributed by atoms with van der Waals surface area (Å²) in [5.41, 5.74) is 2.64. The van der Waals surface area contributed by atoms with Crippen LogP contribution in [-0.4, -0.2) is 58.8 Å². The fourth-order valence-corrected chi connectivity index (χ4v) is 5.10. The Balaban J connectivity index is 0.00000205. The molecule has 2 aromatic rings. The molecule has 158 valence electrons. The molecule has 0 spiro atoms. The molecule has 1 aromatic carbocycles. The predicted octanol–water partition coefficient (Wildman–Crippen LogP) is 4.25. The average molecular weight is 460 g/mol. The van der Waals surface area contributed by atoms with E-state index >= 15 is 0 Å². The Morgan fingerprint density at radius 3 is 2.76 bits per heavy atom. The molecule has 2 atom stereocenters. The first-order valence-corrected chi connectivity index (χ1v) is 10.8. The van der Waals surface area contributed by atoms with Gasteiger partial charge in [0.15, 0.2) is 0 Å². The van der Waals surface area contributed by atoms with Crippen LogP contribution in [0.1, 0.15) is 31.0 Å². The summed E-state index contributed by atoms with van der Waals surface area (Å²) in [6.07, 6.45) is 3.79. The Hall–Kier alpha value is -0.890. The van der Waals surface area contributed by atoms with E-state index in [1.54, 1.807) is 6.07 Å². The number of fused-ring (bicyclic) bond motifs is 3. The van der Waals surface area contributed by atoms with E-state index in [4.69, 9.17) is 32.7 Å². The lowest BCUT2D eigenvalue weighted by Gasteiger charge is -2.26. The van der Waals surface area contributed by atoms with E-state index < -0.39 is 0 Å². The van der Waals surface area contributed by atoms with Crippen molar-refractivity contribution < 1.29 is 9.47 Å². The molecule has 0 aliphatic carbocycles. The monoisotopic (exact) mass is 458 g/mol. The topological polar surface area (TPSA) is 52.4 Å². The number of rotatable bonds is 4. The Morgan fingerprint density at radius 1 is 1.14 bits per heavy atom. The van der Waals surface area contributed by atoms with Gasteiger partial charge in [0.25, 0.3) is 0 Å². The molecule has 9 heteroatoms. The summed E-state index contributed by atoms with van der Waals surface area (Å²) in [7, 11) is 0. The summed E-state index contributed by atoms with van der Waals surface area (Å²) in [6.45, 7) is 5.37. The summed E-state index contributed by atoms with van der Waals surface area (Å²) in [6, 6.07) is 5.68. The molecule has 6 nitrogen and oxygen atoms in total. The molecule has 29 heavy (non-hydrogen) atoms. The zero-order chi connectivity index (χ0) is 19.1. The molecule has 0 radical (unpaired) electrons. The molecule has 3 aliphatic rings. The van der Waals surface area contributed by atoms with Crippen LogP contribution in [0.3, 0.4) is 0 Å². The van der Waals surface area contributed by atoms with Crippen molar-refractivity contribution in [1.82, 2.24) is 19.9 Å². The highest BCUT2D eigenvalue weighted by molar-refractivity contribution is 6.36. The van der Waals surface area contributed by atoms with E-state index in [0.717, 1.165) is 55.7 Å². The minimum absolute atomic E-state index is 0. The highest BCUT2D eigenvalue weighted by Gasteiger charge is 2.40. The molecule has 5 rings (SSSR count). The van der Waals surface area contributed by atoms with Gasteiger partial charge in [0.05, 0.1) is 29.5 Å².